The van der Waals surface area contributed by atoms with Crippen LogP contribution in [0.4, 0.5) is 9.18 Å². The van der Waals surface area contributed by atoms with Gasteiger partial charge >= 0.3 is 24.1 Å². The van der Waals surface area contributed by atoms with Crippen LogP contribution >= 0.6 is 0 Å². The number of aliphatic hydroxyl groups excluding tert-OH is 1. The van der Waals surface area contributed by atoms with E-state index in [1.54, 1.807) is 59.1 Å². The third-order valence-electron chi connectivity index (χ3n) is 17.0. The molecule has 446 valence electrons. The molecule has 5 heterocycles. The Balaban J connectivity index is 1.20. The third-order valence-corrected chi connectivity index (χ3v) is 17.0. The number of esters is 2. The van der Waals surface area contributed by atoms with Crippen molar-refractivity contribution in [3.05, 3.63) is 45.5 Å². The first-order chi connectivity index (χ1) is 37.0. The molecule has 1 aromatic carbocycles. The summed E-state index contributed by atoms with van der Waals surface area (Å²) >= 11 is 0. The summed E-state index contributed by atoms with van der Waals surface area (Å²) in [4.78, 5) is 69.6. The molecule has 0 aliphatic carbocycles. The topological polar surface area (TPSA) is 253 Å². The summed E-state index contributed by atoms with van der Waals surface area (Å²) in [7, 11) is 7.13. The highest BCUT2D eigenvalue weighted by atomic mass is 19.1. The zero-order valence-electron chi connectivity index (χ0n) is 48.9. The van der Waals surface area contributed by atoms with E-state index in [1.165, 1.54) is 13.3 Å². The van der Waals surface area contributed by atoms with Gasteiger partial charge in [0.1, 0.15) is 29.2 Å². The number of hydrogen-bond donors (Lipinski definition) is 4. The molecule has 6 rings (SSSR count). The highest BCUT2D eigenvalue weighted by Gasteiger charge is 2.58. The molecule has 4 saturated heterocycles. The lowest BCUT2D eigenvalue weighted by Crippen LogP contribution is -2.61. The number of aromatic nitrogens is 1. The van der Waals surface area contributed by atoms with Gasteiger partial charge in [-0.05, 0) is 139 Å². The molecule has 4 fully saturated rings. The molecule has 79 heavy (non-hydrogen) atoms. The van der Waals surface area contributed by atoms with E-state index in [0.29, 0.717) is 50.0 Å². The van der Waals surface area contributed by atoms with Gasteiger partial charge in [-0.3, -0.25) is 19.3 Å². The van der Waals surface area contributed by atoms with Crippen LogP contribution in [0.25, 0.3) is 10.9 Å². The first-order valence-electron chi connectivity index (χ1n) is 28.0. The number of ether oxygens (including phenoxy) is 9. The maximum Gasteiger partial charge on any atom is 0.509 e. The molecule has 1 aromatic heterocycles. The number of aryl methyl sites for hydroxylation is 2. The number of aliphatic hydroxyl groups is 2. The number of hydrogen-bond acceptors (Lipinski definition) is 19. The van der Waals surface area contributed by atoms with Gasteiger partial charge in [0.15, 0.2) is 30.4 Å². The maximum atomic E-state index is 15.2. The molecule has 21 nitrogen and oxygen atoms in total. The summed E-state index contributed by atoms with van der Waals surface area (Å²) in [6, 6.07) is 1.93. The number of carbonyl (C=O) groups excluding carboxylic acids is 3. The van der Waals surface area contributed by atoms with E-state index in [-0.39, 0.29) is 55.7 Å². The Hall–Kier alpha value is -4.36. The fraction of sp³-hybridized carbons (Fsp3) is 0.772. The normalized spacial score (nSPS) is 37.1. The van der Waals surface area contributed by atoms with Gasteiger partial charge in [0.05, 0.1) is 47.9 Å². The SMILES string of the molecule is CC[C@H]1OC(=O)[C@H](C)[C@H](O[C@@H]2C[C@](C)(OC)[C@H](OC(=O)CCNCCCc3cc4c(cc3F)c(=O)c(C(=O)O)cn4CC)[C@H](C)O2)[C@H](C)[C@H](O[C@@H]2O[C@H](C)C[C@H](N(C)C)[C@@H]2O)[C@](C)(O)C[C@@H](C)CN(C)[C@@H](C)[C@H]2OC(=O)O[C@]21C. The largest absolute Gasteiger partial charge is 0.509 e. The van der Waals surface area contributed by atoms with Crippen LogP contribution in [-0.2, 0) is 65.2 Å². The molecule has 4 N–H and O–H groups in total. The Labute approximate surface area is 463 Å². The highest BCUT2D eigenvalue weighted by molar-refractivity contribution is 5.92. The van der Waals surface area contributed by atoms with Crippen molar-refractivity contribution >= 4 is 35.0 Å². The van der Waals surface area contributed by atoms with Crippen molar-refractivity contribution in [1.29, 1.82) is 0 Å². The molecule has 4 aliphatic heterocycles. The number of carboxylic acids is 1. The first-order valence-corrected chi connectivity index (χ1v) is 28.0. The molecule has 0 unspecified atom stereocenters. The highest BCUT2D eigenvalue weighted by Crippen LogP contribution is 2.42. The minimum Gasteiger partial charge on any atom is -0.477 e. The Morgan fingerprint density at radius 3 is 2.29 bits per heavy atom. The van der Waals surface area contributed by atoms with E-state index in [1.807, 2.05) is 58.6 Å². The number of pyridine rings is 1. The second kappa shape index (κ2) is 26.3. The van der Waals surface area contributed by atoms with Gasteiger partial charge in [-0.1, -0.05) is 20.8 Å². The zero-order chi connectivity index (χ0) is 58.6. The molecule has 0 saturated carbocycles. The molecule has 18 atom stereocenters. The number of cyclic esters (lactones) is 1. The van der Waals surface area contributed by atoms with Gasteiger partial charge in [-0.15, -0.1) is 0 Å². The Morgan fingerprint density at radius 2 is 1.66 bits per heavy atom. The number of benzene rings is 1. The maximum absolute atomic E-state index is 15.2. The summed E-state index contributed by atoms with van der Waals surface area (Å²) in [6.07, 6.45) is -7.23. The molecule has 4 aliphatic rings. The molecule has 22 heteroatoms. The van der Waals surface area contributed by atoms with E-state index >= 15 is 4.39 Å². The van der Waals surface area contributed by atoms with Crippen molar-refractivity contribution in [3.8, 4) is 0 Å². The summed E-state index contributed by atoms with van der Waals surface area (Å²) in [5.41, 5.74) is -4.56. The Bertz CT molecular complexity index is 2510. The lowest BCUT2D eigenvalue weighted by Gasteiger charge is -2.49. The van der Waals surface area contributed by atoms with Crippen LogP contribution in [0, 0.1) is 23.6 Å². The van der Waals surface area contributed by atoms with Crippen molar-refractivity contribution in [3.63, 3.8) is 0 Å². The first kappa shape index (κ1) is 63.8. The Kier molecular flexibility index (Phi) is 21.2. The second-order valence-electron chi connectivity index (χ2n) is 23.6. The number of carboxylic acid groups (broad SMARTS) is 1. The van der Waals surface area contributed by atoms with E-state index in [4.69, 9.17) is 42.6 Å². The lowest BCUT2D eigenvalue weighted by molar-refractivity contribution is -0.318. The quantitative estimate of drug-likeness (QED) is 0.0877. The van der Waals surface area contributed by atoms with E-state index < -0.39 is 131 Å². The third kappa shape index (κ3) is 14.3. The predicted molar refractivity (Wildman–Crippen MR) is 288 cm³/mol. The molecule has 2 aromatic rings. The minimum atomic E-state index is -1.64. The Morgan fingerprint density at radius 1 is 0.962 bits per heavy atom. The fourth-order valence-corrected chi connectivity index (χ4v) is 12.5. The van der Waals surface area contributed by atoms with Crippen LogP contribution in [0.15, 0.2) is 23.1 Å². The van der Waals surface area contributed by atoms with Gasteiger partial charge in [0, 0.05) is 62.7 Å². The van der Waals surface area contributed by atoms with Gasteiger partial charge in [0.2, 0.25) is 5.43 Å². The molecule has 0 spiro atoms. The number of likely N-dealkylation sites (N-methyl/N-ethyl adjacent to an activating group) is 2. The van der Waals surface area contributed by atoms with Gasteiger partial charge in [0.25, 0.3) is 0 Å². The summed E-state index contributed by atoms with van der Waals surface area (Å²) in [5, 5.41) is 37.3. The van der Waals surface area contributed by atoms with Crippen molar-refractivity contribution in [2.24, 2.45) is 17.8 Å². The number of nitrogens with one attached hydrogen (secondary N) is 1. The zero-order valence-corrected chi connectivity index (χ0v) is 48.9. The number of methoxy groups -OCH3 is 1. The van der Waals surface area contributed by atoms with Crippen LogP contribution in [0.3, 0.4) is 0 Å². The van der Waals surface area contributed by atoms with Gasteiger partial charge in [-0.2, -0.15) is 0 Å². The van der Waals surface area contributed by atoms with Crippen LogP contribution in [-0.4, -0.2) is 192 Å². The minimum absolute atomic E-state index is 0.00347. The molecular formula is C57H89FN4O17. The average Bonchev–Trinajstić information content (AvgIpc) is 3.71. The predicted octanol–water partition coefficient (Wildman–Crippen LogP) is 5.42. The second-order valence-corrected chi connectivity index (χ2v) is 23.6. The van der Waals surface area contributed by atoms with E-state index in [9.17, 15) is 39.3 Å². The number of fused-ring (bicyclic) bond motifs is 2. The molecule has 0 bridgehead atoms. The lowest BCUT2D eigenvalue weighted by atomic mass is 9.77. The number of rotatable bonds is 17. The van der Waals surface area contributed by atoms with Crippen LogP contribution in [0.5, 0.6) is 0 Å². The summed E-state index contributed by atoms with van der Waals surface area (Å²) in [5.74, 6) is -5.33. The molecule has 0 amide bonds. The van der Waals surface area contributed by atoms with Crippen molar-refractivity contribution in [1.82, 2.24) is 19.7 Å². The fourth-order valence-electron chi connectivity index (χ4n) is 12.5. The summed E-state index contributed by atoms with van der Waals surface area (Å²) < 4.78 is 73.7. The van der Waals surface area contributed by atoms with Crippen LogP contribution < -0.4 is 10.7 Å². The molecule has 0 radical (unpaired) electrons. The van der Waals surface area contributed by atoms with Gasteiger partial charge < -0.3 is 72.7 Å². The summed E-state index contributed by atoms with van der Waals surface area (Å²) in [6.45, 7) is 21.3. The number of carbonyl (C=O) groups is 4. The standard InChI is InChI=1S/C57H89FN4O17/c1-16-42-57(11)49(78-54(69)79-57)34(7)61(14)28-30(3)26-55(9,70)48(77-53-46(65)41(60(12)13)23-31(4)72-53)32(5)47(33(6)52(68)74-42)76-44-27-56(10,71-15)50(35(8)73-44)75-43(63)20-22-59-21-18-19-36-24-40-37(25-39(36)58)45(64)38(51(66)67)29-62(40)17-2/h24-25,29-35,41-42,44,46-50,53,59,65,70H,16-23,26-28H2,1-15H3,(H,66,67)/t30-,31-,32+,33-,34+,35+,41+,42-,44-,46+,47-,48+,49-,50-,53+,55-,56+,57+/m1/s1. The van der Waals surface area contributed by atoms with E-state index in [0.717, 1.165) is 6.07 Å². The number of aromatic carboxylic acids is 1. The smallest absolute Gasteiger partial charge is 0.477 e. The monoisotopic (exact) mass is 1120 g/mol. The number of halogens is 1. The van der Waals surface area contributed by atoms with Crippen molar-refractivity contribution < 1.29 is 81.5 Å². The van der Waals surface area contributed by atoms with E-state index in [2.05, 4.69) is 5.32 Å². The van der Waals surface area contributed by atoms with Gasteiger partial charge in [-0.25, -0.2) is 14.0 Å². The van der Waals surface area contributed by atoms with Crippen LogP contribution in [0.2, 0.25) is 0 Å². The van der Waals surface area contributed by atoms with Crippen LogP contribution in [0.1, 0.15) is 131 Å². The van der Waals surface area contributed by atoms with Crippen molar-refractivity contribution in [2.75, 3.05) is 47.9 Å². The van der Waals surface area contributed by atoms with Crippen molar-refractivity contribution in [2.45, 2.75) is 218 Å². The average molecular weight is 1120 g/mol. The molecular weight excluding hydrogens is 1030 g/mol. The number of nitrogens with zero attached hydrogens (tertiary/aromatic N) is 3.